The first-order valence-electron chi connectivity index (χ1n) is 16.6. The van der Waals surface area contributed by atoms with Gasteiger partial charge in [-0.3, -0.25) is 9.59 Å². The van der Waals surface area contributed by atoms with Crippen LogP contribution in [0, 0.1) is 17.8 Å². The van der Waals surface area contributed by atoms with Crippen LogP contribution in [0.2, 0.25) is 0 Å². The smallest absolute Gasteiger partial charge is 0.316 e. The SMILES string of the molecule is C=C1CO[C@@H]2[C@@H](C)CN(C)[C@H](C)C[C@@](C)(OC1)[C@H](O[C@@H]1O[C@H](C)C[C@H](N(C)C)[C@H]1O)[C@@H](C)C(=O)[C@@H](C)C(=O)O[C@H](CC)[C@@]2(C)O. The number of esters is 1. The molecule has 11 nitrogen and oxygen atoms in total. The van der Waals surface area contributed by atoms with Crippen molar-refractivity contribution in [3.8, 4) is 0 Å². The molecule has 0 saturated carbocycles. The zero-order valence-electron chi connectivity index (χ0n) is 29.4. The first kappa shape index (κ1) is 38.0. The van der Waals surface area contributed by atoms with Gasteiger partial charge in [0.25, 0.3) is 0 Å². The second-order valence-corrected chi connectivity index (χ2v) is 14.7. The fraction of sp³-hybridized carbons (Fsp3) is 0.882. The highest BCUT2D eigenvalue weighted by Crippen LogP contribution is 2.38. The normalized spacial score (nSPS) is 45.3. The van der Waals surface area contributed by atoms with Crippen LogP contribution in [0.25, 0.3) is 0 Å². The summed E-state index contributed by atoms with van der Waals surface area (Å²) in [5.74, 6) is -3.27. The molecule has 0 aromatic carbocycles. The molecule has 2 bridgehead atoms. The Morgan fingerprint density at radius 1 is 1.11 bits per heavy atom. The third-order valence-corrected chi connectivity index (χ3v) is 10.3. The number of hydrogen-bond acceptors (Lipinski definition) is 11. The van der Waals surface area contributed by atoms with E-state index in [0.29, 0.717) is 31.4 Å². The molecule has 4 rings (SSSR count). The molecule has 45 heavy (non-hydrogen) atoms. The second kappa shape index (κ2) is 15.2. The predicted octanol–water partition coefficient (Wildman–Crippen LogP) is 2.80. The van der Waals surface area contributed by atoms with Gasteiger partial charge in [0.15, 0.2) is 12.1 Å². The summed E-state index contributed by atoms with van der Waals surface area (Å²) < 4.78 is 31.8. The molecular formula is C34H60N2O9. The fourth-order valence-electron chi connectivity index (χ4n) is 7.45. The largest absolute Gasteiger partial charge is 0.459 e. The van der Waals surface area contributed by atoms with Gasteiger partial charge in [0, 0.05) is 24.5 Å². The molecular weight excluding hydrogens is 580 g/mol. The second-order valence-electron chi connectivity index (χ2n) is 14.7. The molecule has 0 amide bonds. The zero-order chi connectivity index (χ0) is 34.0. The minimum atomic E-state index is -1.55. The van der Waals surface area contributed by atoms with Crippen molar-refractivity contribution >= 4 is 11.8 Å². The molecule has 0 aliphatic carbocycles. The Bertz CT molecular complexity index is 1040. The number of aliphatic hydroxyl groups is 2. The van der Waals surface area contributed by atoms with Crippen LogP contribution < -0.4 is 0 Å². The summed E-state index contributed by atoms with van der Waals surface area (Å²) in [4.78, 5) is 31.9. The first-order chi connectivity index (χ1) is 20.8. The Hall–Kier alpha value is -1.44. The number of aliphatic hydroxyl groups excluding tert-OH is 1. The molecule has 0 spiro atoms. The van der Waals surface area contributed by atoms with Crippen LogP contribution in [0.15, 0.2) is 12.2 Å². The lowest BCUT2D eigenvalue weighted by Gasteiger charge is -2.48. The molecule has 4 saturated heterocycles. The van der Waals surface area contributed by atoms with E-state index in [2.05, 4.69) is 18.4 Å². The van der Waals surface area contributed by atoms with Gasteiger partial charge in [0.1, 0.15) is 23.7 Å². The van der Waals surface area contributed by atoms with E-state index in [0.717, 1.165) is 0 Å². The minimum Gasteiger partial charge on any atom is -0.459 e. The maximum atomic E-state index is 14.2. The van der Waals surface area contributed by atoms with Gasteiger partial charge < -0.3 is 43.7 Å². The molecule has 0 aromatic heterocycles. The topological polar surface area (TPSA) is 127 Å². The van der Waals surface area contributed by atoms with Gasteiger partial charge in [-0.05, 0) is 86.5 Å². The maximum absolute atomic E-state index is 14.2. The number of hydrogen-bond donors (Lipinski definition) is 2. The third-order valence-electron chi connectivity index (χ3n) is 10.3. The van der Waals surface area contributed by atoms with Crippen molar-refractivity contribution in [3.05, 3.63) is 12.2 Å². The van der Waals surface area contributed by atoms with E-state index in [-0.39, 0.29) is 43.1 Å². The van der Waals surface area contributed by atoms with Crippen LogP contribution in [0.5, 0.6) is 0 Å². The number of carbonyl (C=O) groups is 2. The molecule has 0 unspecified atom stereocenters. The number of ether oxygens (including phenoxy) is 5. The molecule has 4 aliphatic heterocycles. The molecule has 4 fully saturated rings. The minimum absolute atomic E-state index is 0.0582. The molecule has 11 heteroatoms. The molecule has 2 N–H and O–H groups in total. The Morgan fingerprint density at radius 2 is 1.76 bits per heavy atom. The van der Waals surface area contributed by atoms with Crippen molar-refractivity contribution < 1.29 is 43.5 Å². The van der Waals surface area contributed by atoms with Gasteiger partial charge in [0.2, 0.25) is 0 Å². The van der Waals surface area contributed by atoms with Gasteiger partial charge in [-0.1, -0.05) is 27.4 Å². The highest BCUT2D eigenvalue weighted by atomic mass is 16.7. The lowest BCUT2D eigenvalue weighted by molar-refractivity contribution is -0.297. The molecule has 13 atom stereocenters. The number of Topliss-reactive ketones (excluding diaryl/α,β-unsaturated/α-hetero) is 1. The monoisotopic (exact) mass is 640 g/mol. The fourth-order valence-corrected chi connectivity index (χ4v) is 7.45. The summed E-state index contributed by atoms with van der Waals surface area (Å²) in [5, 5.41) is 23.4. The van der Waals surface area contributed by atoms with Crippen LogP contribution in [0.1, 0.15) is 74.7 Å². The van der Waals surface area contributed by atoms with Crippen molar-refractivity contribution in [2.45, 2.75) is 135 Å². The van der Waals surface area contributed by atoms with Gasteiger partial charge in [-0.25, -0.2) is 0 Å². The van der Waals surface area contributed by atoms with Crippen molar-refractivity contribution in [1.29, 1.82) is 0 Å². The number of ketones is 1. The average Bonchev–Trinajstić information content (AvgIpc) is 2.96. The van der Waals surface area contributed by atoms with E-state index in [4.69, 9.17) is 23.7 Å². The third kappa shape index (κ3) is 8.54. The van der Waals surface area contributed by atoms with E-state index < -0.39 is 59.7 Å². The van der Waals surface area contributed by atoms with Gasteiger partial charge in [-0.2, -0.15) is 0 Å². The van der Waals surface area contributed by atoms with Crippen LogP contribution in [0.4, 0.5) is 0 Å². The van der Waals surface area contributed by atoms with E-state index in [1.807, 2.05) is 53.7 Å². The number of rotatable bonds is 4. The Morgan fingerprint density at radius 3 is 2.36 bits per heavy atom. The molecule has 0 aromatic rings. The van der Waals surface area contributed by atoms with Crippen LogP contribution in [0.3, 0.4) is 0 Å². The molecule has 4 aliphatic rings. The summed E-state index contributed by atoms with van der Waals surface area (Å²) in [7, 11) is 5.82. The van der Waals surface area contributed by atoms with E-state index in [1.165, 1.54) is 6.92 Å². The number of carbonyl (C=O) groups excluding carboxylic acids is 2. The van der Waals surface area contributed by atoms with Crippen LogP contribution >= 0.6 is 0 Å². The molecule has 0 radical (unpaired) electrons. The van der Waals surface area contributed by atoms with Gasteiger partial charge in [0.05, 0.1) is 37.1 Å². The van der Waals surface area contributed by atoms with Crippen molar-refractivity contribution in [2.75, 3.05) is 40.9 Å². The maximum Gasteiger partial charge on any atom is 0.316 e. The Labute approximate surface area is 270 Å². The zero-order valence-corrected chi connectivity index (χ0v) is 29.4. The number of fused-ring (bicyclic) bond motifs is 15. The summed E-state index contributed by atoms with van der Waals surface area (Å²) >= 11 is 0. The van der Waals surface area contributed by atoms with Crippen LogP contribution in [-0.2, 0) is 33.3 Å². The Balaban J connectivity index is 2.19. The highest BCUT2D eigenvalue weighted by Gasteiger charge is 2.51. The summed E-state index contributed by atoms with van der Waals surface area (Å²) in [6.07, 6.45) is -3.35. The highest BCUT2D eigenvalue weighted by molar-refractivity contribution is 6.00. The van der Waals surface area contributed by atoms with Crippen LogP contribution in [-0.4, -0.2) is 133 Å². The van der Waals surface area contributed by atoms with Crippen molar-refractivity contribution in [1.82, 2.24) is 9.80 Å². The lowest BCUT2D eigenvalue weighted by atomic mass is 9.79. The van der Waals surface area contributed by atoms with E-state index in [1.54, 1.807) is 13.8 Å². The first-order valence-corrected chi connectivity index (χ1v) is 16.6. The molecule has 4 heterocycles. The van der Waals surface area contributed by atoms with Crippen molar-refractivity contribution in [3.63, 3.8) is 0 Å². The summed E-state index contributed by atoms with van der Waals surface area (Å²) in [6.45, 7) is 19.7. The van der Waals surface area contributed by atoms with E-state index in [9.17, 15) is 19.8 Å². The quantitative estimate of drug-likeness (QED) is 0.268. The standard InChI is InChI=1S/C34H60N2O9/c1-13-26-34(9,40)29-20(3)16-36(12)21(4)15-33(8,42-18-19(2)17-41-29)30(23(6)27(37)24(7)31(39)44-26)45-32-28(38)25(35(10)11)14-22(5)43-32/h20-26,28-30,32,38,40H,2,13-18H2,1,3-12H3/t20-,21+,22+,23-,24+,25-,26+,28+,29+,30+,32-,33+,34+/m0/s1. The summed E-state index contributed by atoms with van der Waals surface area (Å²) in [5.41, 5.74) is -1.98. The predicted molar refractivity (Wildman–Crippen MR) is 171 cm³/mol. The summed E-state index contributed by atoms with van der Waals surface area (Å²) in [6, 6.07) is -0.279. The number of likely N-dealkylation sites (N-methyl/N-ethyl adjacent to an activating group) is 1. The lowest BCUT2D eigenvalue weighted by Crippen LogP contribution is -2.60. The van der Waals surface area contributed by atoms with Gasteiger partial charge >= 0.3 is 5.97 Å². The average molecular weight is 641 g/mol. The van der Waals surface area contributed by atoms with Crippen molar-refractivity contribution in [2.24, 2.45) is 17.8 Å². The Kier molecular flexibility index (Phi) is 12.8. The van der Waals surface area contributed by atoms with Gasteiger partial charge in [-0.15, -0.1) is 0 Å². The molecule has 260 valence electrons. The van der Waals surface area contributed by atoms with E-state index >= 15 is 0 Å². The number of nitrogens with zero attached hydrogens (tertiary/aromatic N) is 2.